The van der Waals surface area contributed by atoms with Gasteiger partial charge in [-0.05, 0) is 23.8 Å². The number of aliphatic carboxylic acids is 1. The van der Waals surface area contributed by atoms with Gasteiger partial charge < -0.3 is 25.8 Å². The first-order chi connectivity index (χ1) is 9.51. The first kappa shape index (κ1) is 13.7. The van der Waals surface area contributed by atoms with E-state index >= 15 is 0 Å². The number of phenols is 1. The number of H-pyrrole nitrogens is 1. The molecule has 0 aliphatic heterocycles. The number of carbonyl (C=O) groups excluding carboxylic acids is 1. The van der Waals surface area contributed by atoms with Gasteiger partial charge in [0.25, 0.3) is 0 Å². The van der Waals surface area contributed by atoms with Gasteiger partial charge in [0.2, 0.25) is 0 Å². The SMILES string of the molecule is CNC(=O)N[C@@H](Cc1c[nH]c2ccc(O)cc12)C(=O)O. The lowest BCUT2D eigenvalue weighted by Crippen LogP contribution is -2.46. The second-order valence-corrected chi connectivity index (χ2v) is 4.36. The van der Waals surface area contributed by atoms with Crippen LogP contribution < -0.4 is 10.6 Å². The number of amides is 2. The maximum atomic E-state index is 11.2. The maximum Gasteiger partial charge on any atom is 0.326 e. The molecule has 0 bridgehead atoms. The van der Waals surface area contributed by atoms with E-state index in [1.807, 2.05) is 0 Å². The summed E-state index contributed by atoms with van der Waals surface area (Å²) < 4.78 is 0. The molecule has 0 fully saturated rings. The Morgan fingerprint density at radius 1 is 1.40 bits per heavy atom. The van der Waals surface area contributed by atoms with Crippen LogP contribution in [0.3, 0.4) is 0 Å². The Kier molecular flexibility index (Phi) is 3.79. The zero-order valence-corrected chi connectivity index (χ0v) is 10.8. The van der Waals surface area contributed by atoms with Crippen molar-refractivity contribution >= 4 is 22.9 Å². The monoisotopic (exact) mass is 277 g/mol. The molecule has 0 saturated heterocycles. The lowest BCUT2D eigenvalue weighted by molar-refractivity contribution is -0.139. The first-order valence-corrected chi connectivity index (χ1v) is 6.01. The molecule has 2 amide bonds. The second-order valence-electron chi connectivity index (χ2n) is 4.36. The van der Waals surface area contributed by atoms with Gasteiger partial charge in [0.05, 0.1) is 0 Å². The van der Waals surface area contributed by atoms with Crippen LogP contribution in [0.2, 0.25) is 0 Å². The third kappa shape index (κ3) is 2.82. The molecule has 2 aromatic rings. The van der Waals surface area contributed by atoms with Crippen LogP contribution in [0.1, 0.15) is 5.56 Å². The highest BCUT2D eigenvalue weighted by Crippen LogP contribution is 2.23. The van der Waals surface area contributed by atoms with E-state index in [0.29, 0.717) is 5.56 Å². The molecule has 2 rings (SSSR count). The van der Waals surface area contributed by atoms with Gasteiger partial charge in [-0.3, -0.25) is 0 Å². The number of hydrogen-bond acceptors (Lipinski definition) is 3. The summed E-state index contributed by atoms with van der Waals surface area (Å²) in [7, 11) is 1.41. The molecule has 0 unspecified atom stereocenters. The largest absolute Gasteiger partial charge is 0.508 e. The number of carboxylic acids is 1. The fraction of sp³-hybridized carbons (Fsp3) is 0.231. The van der Waals surface area contributed by atoms with Crippen molar-refractivity contribution in [2.45, 2.75) is 12.5 Å². The highest BCUT2D eigenvalue weighted by molar-refractivity contribution is 5.87. The quantitative estimate of drug-likeness (QED) is 0.568. The molecule has 1 heterocycles. The molecule has 0 aliphatic rings. The van der Waals surface area contributed by atoms with Crippen LogP contribution in [0, 0.1) is 0 Å². The summed E-state index contributed by atoms with van der Waals surface area (Å²) in [6.45, 7) is 0. The van der Waals surface area contributed by atoms with Crippen LogP contribution in [0.5, 0.6) is 5.75 Å². The van der Waals surface area contributed by atoms with Crippen molar-refractivity contribution in [1.82, 2.24) is 15.6 Å². The summed E-state index contributed by atoms with van der Waals surface area (Å²) in [5.74, 6) is -1.02. The number of rotatable bonds is 4. The van der Waals surface area contributed by atoms with Crippen molar-refractivity contribution in [3.05, 3.63) is 30.0 Å². The van der Waals surface area contributed by atoms with E-state index in [4.69, 9.17) is 5.11 Å². The lowest BCUT2D eigenvalue weighted by atomic mass is 10.0. The van der Waals surface area contributed by atoms with Crippen molar-refractivity contribution in [3.63, 3.8) is 0 Å². The van der Waals surface area contributed by atoms with E-state index in [2.05, 4.69) is 15.6 Å². The van der Waals surface area contributed by atoms with Crippen LogP contribution in [0.25, 0.3) is 10.9 Å². The number of carboxylic acid groups (broad SMARTS) is 1. The molecule has 1 aromatic carbocycles. The molecule has 5 N–H and O–H groups in total. The number of carbonyl (C=O) groups is 2. The third-order valence-corrected chi connectivity index (χ3v) is 3.01. The summed E-state index contributed by atoms with van der Waals surface area (Å²) in [6.07, 6.45) is 1.79. The van der Waals surface area contributed by atoms with Gasteiger partial charge in [-0.1, -0.05) is 0 Å². The molecule has 1 atom stereocenters. The Hall–Kier alpha value is -2.70. The summed E-state index contributed by atoms with van der Waals surface area (Å²) >= 11 is 0. The van der Waals surface area contributed by atoms with Gasteiger partial charge in [0.15, 0.2) is 0 Å². The molecule has 0 aliphatic carbocycles. The summed E-state index contributed by atoms with van der Waals surface area (Å²) in [5.41, 5.74) is 1.50. The van der Waals surface area contributed by atoms with Crippen LogP contribution in [-0.2, 0) is 11.2 Å². The second kappa shape index (κ2) is 5.52. The van der Waals surface area contributed by atoms with E-state index < -0.39 is 18.0 Å². The molecule has 20 heavy (non-hydrogen) atoms. The number of phenolic OH excluding ortho intramolecular Hbond substituents is 1. The fourth-order valence-corrected chi connectivity index (χ4v) is 1.99. The molecule has 7 nitrogen and oxygen atoms in total. The minimum Gasteiger partial charge on any atom is -0.508 e. The number of nitrogens with one attached hydrogen (secondary N) is 3. The van der Waals surface area contributed by atoms with E-state index in [9.17, 15) is 14.7 Å². The Balaban J connectivity index is 2.26. The van der Waals surface area contributed by atoms with Crippen LogP contribution in [0.4, 0.5) is 4.79 Å². The Bertz CT molecular complexity index is 650. The van der Waals surface area contributed by atoms with Gasteiger partial charge in [0, 0.05) is 30.6 Å². The van der Waals surface area contributed by atoms with Gasteiger partial charge in [0.1, 0.15) is 11.8 Å². The standard InChI is InChI=1S/C13H15N3O4/c1-14-13(20)16-11(12(18)19)4-7-6-15-10-3-2-8(17)5-9(7)10/h2-3,5-6,11,15,17H,4H2,1H3,(H,18,19)(H2,14,16,20)/t11-/m0/s1. The lowest BCUT2D eigenvalue weighted by Gasteiger charge is -2.13. The minimum absolute atomic E-state index is 0.101. The minimum atomic E-state index is -1.12. The summed E-state index contributed by atoms with van der Waals surface area (Å²) in [4.78, 5) is 25.4. The number of benzene rings is 1. The van der Waals surface area contributed by atoms with E-state index in [-0.39, 0.29) is 12.2 Å². The molecular formula is C13H15N3O4. The molecule has 0 radical (unpaired) electrons. The Morgan fingerprint density at radius 3 is 2.80 bits per heavy atom. The van der Waals surface area contributed by atoms with Crippen molar-refractivity contribution < 1.29 is 19.8 Å². The molecular weight excluding hydrogens is 262 g/mol. The van der Waals surface area contributed by atoms with Crippen LogP contribution >= 0.6 is 0 Å². The average molecular weight is 277 g/mol. The van der Waals surface area contributed by atoms with Crippen molar-refractivity contribution in [3.8, 4) is 5.75 Å². The third-order valence-electron chi connectivity index (χ3n) is 3.01. The van der Waals surface area contributed by atoms with Crippen molar-refractivity contribution in [2.24, 2.45) is 0 Å². The van der Waals surface area contributed by atoms with Crippen molar-refractivity contribution in [2.75, 3.05) is 7.05 Å². The molecule has 7 heteroatoms. The first-order valence-electron chi connectivity index (χ1n) is 6.01. The predicted molar refractivity (Wildman–Crippen MR) is 72.7 cm³/mol. The smallest absolute Gasteiger partial charge is 0.326 e. The van der Waals surface area contributed by atoms with E-state index in [0.717, 1.165) is 10.9 Å². The highest BCUT2D eigenvalue weighted by atomic mass is 16.4. The summed E-state index contributed by atoms with van der Waals surface area (Å²) in [6, 6.07) is 3.20. The predicted octanol–water partition coefficient (Wildman–Crippen LogP) is 0.798. The van der Waals surface area contributed by atoms with Crippen molar-refractivity contribution in [1.29, 1.82) is 0 Å². The normalized spacial score (nSPS) is 12.1. The number of aromatic amines is 1. The Morgan fingerprint density at radius 2 is 2.15 bits per heavy atom. The fourth-order valence-electron chi connectivity index (χ4n) is 1.99. The van der Waals surface area contributed by atoms with Gasteiger partial charge >= 0.3 is 12.0 Å². The number of fused-ring (bicyclic) bond motifs is 1. The van der Waals surface area contributed by atoms with Gasteiger partial charge in [-0.15, -0.1) is 0 Å². The molecule has 1 aromatic heterocycles. The Labute approximate surface area is 114 Å². The van der Waals surface area contributed by atoms with E-state index in [1.165, 1.54) is 7.05 Å². The average Bonchev–Trinajstić information content (AvgIpc) is 2.80. The number of urea groups is 1. The number of aromatic hydroxyl groups is 1. The topological polar surface area (TPSA) is 114 Å². The van der Waals surface area contributed by atoms with Gasteiger partial charge in [-0.2, -0.15) is 0 Å². The summed E-state index contributed by atoms with van der Waals surface area (Å²) in [5, 5.41) is 24.0. The zero-order valence-electron chi connectivity index (χ0n) is 10.8. The zero-order chi connectivity index (χ0) is 14.7. The number of aromatic nitrogens is 1. The molecule has 0 saturated carbocycles. The van der Waals surface area contributed by atoms with E-state index in [1.54, 1.807) is 24.4 Å². The molecule has 106 valence electrons. The van der Waals surface area contributed by atoms with Crippen LogP contribution in [0.15, 0.2) is 24.4 Å². The van der Waals surface area contributed by atoms with Gasteiger partial charge in [-0.25, -0.2) is 9.59 Å². The van der Waals surface area contributed by atoms with Crippen LogP contribution in [-0.4, -0.2) is 40.3 Å². The highest BCUT2D eigenvalue weighted by Gasteiger charge is 2.21. The number of hydrogen-bond donors (Lipinski definition) is 5. The molecule has 0 spiro atoms. The maximum absolute atomic E-state index is 11.2.